The van der Waals surface area contributed by atoms with Gasteiger partial charge in [0.25, 0.3) is 0 Å². The summed E-state index contributed by atoms with van der Waals surface area (Å²) in [5.74, 6) is -0.428. The molecule has 1 atom stereocenters. The van der Waals surface area contributed by atoms with E-state index in [-0.39, 0.29) is 17.8 Å². The number of likely N-dealkylation sites (tertiary alicyclic amines) is 1. The van der Waals surface area contributed by atoms with E-state index in [0.717, 1.165) is 18.4 Å². The number of ether oxygens (including phenoxy) is 1. The van der Waals surface area contributed by atoms with Gasteiger partial charge in [-0.1, -0.05) is 30.3 Å². The summed E-state index contributed by atoms with van der Waals surface area (Å²) in [7, 11) is 0. The Morgan fingerprint density at radius 1 is 1.33 bits per heavy atom. The lowest BCUT2D eigenvalue weighted by Crippen LogP contribution is -2.42. The molecule has 0 aliphatic carbocycles. The van der Waals surface area contributed by atoms with Crippen molar-refractivity contribution < 1.29 is 14.3 Å². The molecule has 1 heterocycles. The summed E-state index contributed by atoms with van der Waals surface area (Å²) in [5, 5.41) is 0. The van der Waals surface area contributed by atoms with E-state index in [9.17, 15) is 9.59 Å². The van der Waals surface area contributed by atoms with Crippen molar-refractivity contribution in [2.24, 2.45) is 5.92 Å². The second kappa shape index (κ2) is 7.62. The molecule has 4 heteroatoms. The highest BCUT2D eigenvalue weighted by Gasteiger charge is 2.28. The van der Waals surface area contributed by atoms with Crippen molar-refractivity contribution in [3.63, 3.8) is 0 Å². The van der Waals surface area contributed by atoms with E-state index in [1.54, 1.807) is 24.0 Å². The number of nitrogens with zero attached hydrogens (tertiary/aromatic N) is 1. The predicted molar refractivity (Wildman–Crippen MR) is 81.4 cm³/mol. The van der Waals surface area contributed by atoms with Crippen molar-refractivity contribution in [1.82, 2.24) is 4.90 Å². The number of carbonyl (C=O) groups excluding carboxylic acids is 2. The van der Waals surface area contributed by atoms with E-state index in [2.05, 4.69) is 0 Å². The Labute approximate surface area is 125 Å². The molecule has 2 rings (SSSR count). The molecule has 1 aliphatic rings. The van der Waals surface area contributed by atoms with Crippen molar-refractivity contribution in [3.05, 3.63) is 42.0 Å². The minimum atomic E-state index is -0.193. The highest BCUT2D eigenvalue weighted by molar-refractivity contribution is 5.92. The molecule has 0 radical (unpaired) electrons. The Hall–Kier alpha value is -2.10. The smallest absolute Gasteiger partial charge is 0.310 e. The molecule has 0 unspecified atom stereocenters. The molecule has 4 nitrogen and oxygen atoms in total. The Morgan fingerprint density at radius 2 is 2.10 bits per heavy atom. The van der Waals surface area contributed by atoms with Gasteiger partial charge < -0.3 is 9.64 Å². The van der Waals surface area contributed by atoms with Crippen LogP contribution in [0.5, 0.6) is 0 Å². The van der Waals surface area contributed by atoms with Crippen LogP contribution in [0.2, 0.25) is 0 Å². The second-order valence-corrected chi connectivity index (χ2v) is 5.12. The number of esters is 1. The van der Waals surface area contributed by atoms with E-state index in [1.807, 2.05) is 30.3 Å². The summed E-state index contributed by atoms with van der Waals surface area (Å²) in [5.41, 5.74) is 0.991. The van der Waals surface area contributed by atoms with Gasteiger partial charge in [-0.3, -0.25) is 9.59 Å². The van der Waals surface area contributed by atoms with Gasteiger partial charge in [-0.15, -0.1) is 0 Å². The minimum absolute atomic E-state index is 0.0483. The first-order chi connectivity index (χ1) is 10.2. The third kappa shape index (κ3) is 4.45. The zero-order valence-electron chi connectivity index (χ0n) is 12.3. The van der Waals surface area contributed by atoms with Crippen molar-refractivity contribution in [3.8, 4) is 0 Å². The average molecular weight is 287 g/mol. The first-order valence-electron chi connectivity index (χ1n) is 7.39. The zero-order valence-corrected chi connectivity index (χ0v) is 12.3. The molecule has 0 aromatic heterocycles. The van der Waals surface area contributed by atoms with Crippen molar-refractivity contribution >= 4 is 18.0 Å². The SMILES string of the molecule is CCOC(=O)[C@H]1CCCN(C(=O)/C=C/c2ccccc2)C1. The Kier molecular flexibility index (Phi) is 5.55. The Balaban J connectivity index is 1.93. The summed E-state index contributed by atoms with van der Waals surface area (Å²) in [6.45, 7) is 3.34. The summed E-state index contributed by atoms with van der Waals surface area (Å²) in [4.78, 5) is 25.7. The van der Waals surface area contributed by atoms with Gasteiger partial charge in [-0.2, -0.15) is 0 Å². The fourth-order valence-corrected chi connectivity index (χ4v) is 2.47. The first-order valence-corrected chi connectivity index (χ1v) is 7.39. The number of hydrogen-bond donors (Lipinski definition) is 0. The monoisotopic (exact) mass is 287 g/mol. The molecule has 0 spiro atoms. The maximum absolute atomic E-state index is 12.2. The number of carbonyl (C=O) groups is 2. The third-order valence-corrected chi connectivity index (χ3v) is 3.57. The molecule has 0 bridgehead atoms. The van der Waals surface area contributed by atoms with Gasteiger partial charge in [-0.05, 0) is 31.4 Å². The summed E-state index contributed by atoms with van der Waals surface area (Å²) >= 11 is 0. The fraction of sp³-hybridized carbons (Fsp3) is 0.412. The van der Waals surface area contributed by atoms with Crippen molar-refractivity contribution in [2.75, 3.05) is 19.7 Å². The second-order valence-electron chi connectivity index (χ2n) is 5.12. The van der Waals surface area contributed by atoms with Crippen LogP contribution in [0.15, 0.2) is 36.4 Å². The molecule has 112 valence electrons. The summed E-state index contributed by atoms with van der Waals surface area (Å²) in [6, 6.07) is 9.69. The molecule has 1 aromatic rings. The van der Waals surface area contributed by atoms with Crippen molar-refractivity contribution in [1.29, 1.82) is 0 Å². The lowest BCUT2D eigenvalue weighted by atomic mass is 9.98. The molecule has 1 saturated heterocycles. The molecule has 0 N–H and O–H groups in total. The molecule has 21 heavy (non-hydrogen) atoms. The van der Waals surface area contributed by atoms with Gasteiger partial charge in [0.05, 0.1) is 12.5 Å². The van der Waals surface area contributed by atoms with Crippen LogP contribution in [0.3, 0.4) is 0 Å². The van der Waals surface area contributed by atoms with E-state index in [0.29, 0.717) is 19.7 Å². The van der Waals surface area contributed by atoms with E-state index in [4.69, 9.17) is 4.74 Å². The van der Waals surface area contributed by atoms with E-state index in [1.165, 1.54) is 0 Å². The number of hydrogen-bond acceptors (Lipinski definition) is 3. The minimum Gasteiger partial charge on any atom is -0.466 e. The largest absolute Gasteiger partial charge is 0.466 e. The molecular formula is C17H21NO3. The maximum atomic E-state index is 12.2. The van der Waals surface area contributed by atoms with Crippen LogP contribution in [0.25, 0.3) is 6.08 Å². The van der Waals surface area contributed by atoms with Gasteiger partial charge in [0.15, 0.2) is 0 Å². The Morgan fingerprint density at radius 3 is 2.81 bits per heavy atom. The van der Waals surface area contributed by atoms with Gasteiger partial charge in [0.2, 0.25) is 5.91 Å². The van der Waals surface area contributed by atoms with Crippen LogP contribution in [0, 0.1) is 5.92 Å². The lowest BCUT2D eigenvalue weighted by Gasteiger charge is -2.30. The number of piperidine rings is 1. The van der Waals surface area contributed by atoms with Gasteiger partial charge in [-0.25, -0.2) is 0 Å². The zero-order chi connectivity index (χ0) is 15.1. The fourth-order valence-electron chi connectivity index (χ4n) is 2.47. The third-order valence-electron chi connectivity index (χ3n) is 3.57. The van der Waals surface area contributed by atoms with Crippen molar-refractivity contribution in [2.45, 2.75) is 19.8 Å². The molecule has 1 aliphatic heterocycles. The summed E-state index contributed by atoms with van der Waals surface area (Å²) in [6.07, 6.45) is 5.01. The lowest BCUT2D eigenvalue weighted by molar-refractivity contribution is -0.150. The van der Waals surface area contributed by atoms with Crippen LogP contribution in [-0.2, 0) is 14.3 Å². The highest BCUT2D eigenvalue weighted by atomic mass is 16.5. The normalized spacial score (nSPS) is 18.7. The van der Waals surface area contributed by atoms with Gasteiger partial charge >= 0.3 is 5.97 Å². The van der Waals surface area contributed by atoms with Gasteiger partial charge in [0, 0.05) is 19.2 Å². The summed E-state index contributed by atoms with van der Waals surface area (Å²) < 4.78 is 5.04. The van der Waals surface area contributed by atoms with Crippen LogP contribution in [0.1, 0.15) is 25.3 Å². The van der Waals surface area contributed by atoms with Crippen LogP contribution in [-0.4, -0.2) is 36.5 Å². The van der Waals surface area contributed by atoms with Crippen LogP contribution in [0.4, 0.5) is 0 Å². The van der Waals surface area contributed by atoms with Gasteiger partial charge in [0.1, 0.15) is 0 Å². The number of amides is 1. The molecule has 0 saturated carbocycles. The highest BCUT2D eigenvalue weighted by Crippen LogP contribution is 2.18. The molecule has 1 aromatic carbocycles. The Bertz CT molecular complexity index is 510. The van der Waals surface area contributed by atoms with Crippen LogP contribution >= 0.6 is 0 Å². The predicted octanol–water partition coefficient (Wildman–Crippen LogP) is 2.50. The molecule has 1 amide bonds. The number of rotatable bonds is 4. The number of benzene rings is 1. The van der Waals surface area contributed by atoms with Crippen LogP contribution < -0.4 is 0 Å². The first kappa shape index (κ1) is 15.3. The van der Waals surface area contributed by atoms with E-state index >= 15 is 0 Å². The standard InChI is InChI=1S/C17H21NO3/c1-2-21-17(20)15-9-6-12-18(13-15)16(19)11-10-14-7-4-3-5-8-14/h3-5,7-8,10-11,15H,2,6,9,12-13H2,1H3/b11-10+/t15-/m0/s1. The quantitative estimate of drug-likeness (QED) is 0.631. The average Bonchev–Trinajstić information content (AvgIpc) is 2.54. The van der Waals surface area contributed by atoms with E-state index < -0.39 is 0 Å². The topological polar surface area (TPSA) is 46.6 Å². The maximum Gasteiger partial charge on any atom is 0.310 e. The molecular weight excluding hydrogens is 266 g/mol. The molecule has 1 fully saturated rings.